The van der Waals surface area contributed by atoms with Crippen molar-refractivity contribution >= 4 is 21.8 Å². The summed E-state index contributed by atoms with van der Waals surface area (Å²) in [5, 5.41) is 2.72. The second kappa shape index (κ2) is 7.40. The van der Waals surface area contributed by atoms with Crippen molar-refractivity contribution in [3.8, 4) is 5.75 Å². The average molecular weight is 366 g/mol. The quantitative estimate of drug-likeness (QED) is 0.872. The lowest BCUT2D eigenvalue weighted by Crippen LogP contribution is -2.28. The van der Waals surface area contributed by atoms with Gasteiger partial charge >= 0.3 is 0 Å². The Labute approximate surface area is 137 Å². The lowest BCUT2D eigenvalue weighted by atomic mass is 10.1. The third-order valence-corrected chi connectivity index (χ3v) is 4.01. The van der Waals surface area contributed by atoms with Gasteiger partial charge in [0.05, 0.1) is 0 Å². The molecular weight excluding hydrogens is 349 g/mol. The highest BCUT2D eigenvalue weighted by Crippen LogP contribution is 2.22. The van der Waals surface area contributed by atoms with E-state index in [-0.39, 0.29) is 24.9 Å². The van der Waals surface area contributed by atoms with Crippen molar-refractivity contribution in [1.29, 1.82) is 0 Å². The fourth-order valence-corrected chi connectivity index (χ4v) is 2.47. The maximum atomic E-state index is 13.2. The number of ether oxygens (including phenoxy) is 1. The number of nitrogens with one attached hydrogen (secondary N) is 1. The second-order valence-corrected chi connectivity index (χ2v) is 5.88. The Morgan fingerprint density at radius 3 is 2.59 bits per heavy atom. The number of amides is 1. The van der Waals surface area contributed by atoms with Crippen LogP contribution >= 0.6 is 15.9 Å². The lowest BCUT2D eigenvalue weighted by Gasteiger charge is -2.12. The first-order valence-electron chi connectivity index (χ1n) is 6.87. The fraction of sp³-hybridized carbons (Fsp3) is 0.235. The molecular formula is C17H17BrFNO2. The van der Waals surface area contributed by atoms with Gasteiger partial charge < -0.3 is 10.1 Å². The molecule has 22 heavy (non-hydrogen) atoms. The summed E-state index contributed by atoms with van der Waals surface area (Å²) in [6.45, 7) is 4.04. The highest BCUT2D eigenvalue weighted by Gasteiger charge is 2.08. The topological polar surface area (TPSA) is 38.3 Å². The van der Waals surface area contributed by atoms with Crippen LogP contribution in [0.25, 0.3) is 0 Å². The van der Waals surface area contributed by atoms with Crippen molar-refractivity contribution in [2.45, 2.75) is 20.4 Å². The van der Waals surface area contributed by atoms with Crippen LogP contribution in [0.5, 0.6) is 5.75 Å². The van der Waals surface area contributed by atoms with Gasteiger partial charge in [-0.25, -0.2) is 4.39 Å². The molecule has 116 valence electrons. The zero-order chi connectivity index (χ0) is 16.1. The number of aryl methyl sites for hydroxylation is 2. The molecule has 0 aliphatic rings. The minimum Gasteiger partial charge on any atom is -0.483 e. The number of carbonyl (C=O) groups excluding carboxylic acids is 1. The molecule has 5 heteroatoms. The predicted octanol–water partition coefficient (Wildman–Crippen LogP) is 3.90. The first-order chi connectivity index (χ1) is 10.5. The van der Waals surface area contributed by atoms with E-state index in [4.69, 9.17) is 4.74 Å². The van der Waals surface area contributed by atoms with Gasteiger partial charge in [0.25, 0.3) is 5.91 Å². The molecule has 3 nitrogen and oxygen atoms in total. The van der Waals surface area contributed by atoms with Gasteiger partial charge in [0.2, 0.25) is 0 Å². The number of rotatable bonds is 5. The smallest absolute Gasteiger partial charge is 0.258 e. The van der Waals surface area contributed by atoms with Crippen molar-refractivity contribution in [1.82, 2.24) is 5.32 Å². The van der Waals surface area contributed by atoms with Crippen LogP contribution in [0.4, 0.5) is 4.39 Å². The third kappa shape index (κ3) is 4.31. The molecule has 0 aliphatic carbocycles. The summed E-state index contributed by atoms with van der Waals surface area (Å²) in [7, 11) is 0. The highest BCUT2D eigenvalue weighted by molar-refractivity contribution is 9.10. The van der Waals surface area contributed by atoms with E-state index in [0.717, 1.165) is 21.3 Å². The Morgan fingerprint density at radius 1 is 1.23 bits per heavy atom. The first-order valence-corrected chi connectivity index (χ1v) is 7.66. The number of para-hydroxylation sites is 1. The van der Waals surface area contributed by atoms with Gasteiger partial charge in [0, 0.05) is 11.0 Å². The molecule has 1 amide bonds. The molecule has 0 saturated carbocycles. The van der Waals surface area contributed by atoms with E-state index in [2.05, 4.69) is 21.2 Å². The summed E-state index contributed by atoms with van der Waals surface area (Å²) >= 11 is 3.33. The average Bonchev–Trinajstić information content (AvgIpc) is 2.47. The van der Waals surface area contributed by atoms with Gasteiger partial charge in [-0.3, -0.25) is 4.79 Å². The van der Waals surface area contributed by atoms with Crippen molar-refractivity contribution < 1.29 is 13.9 Å². The molecule has 0 aliphatic heterocycles. The zero-order valence-corrected chi connectivity index (χ0v) is 14.0. The minimum atomic E-state index is -0.334. The van der Waals surface area contributed by atoms with E-state index in [1.165, 1.54) is 12.1 Å². The van der Waals surface area contributed by atoms with Gasteiger partial charge in [-0.2, -0.15) is 0 Å². The minimum absolute atomic E-state index is 0.0708. The molecule has 0 atom stereocenters. The Kier molecular flexibility index (Phi) is 5.55. The molecule has 0 unspecified atom stereocenters. The standard InChI is InChI=1S/C17H17BrFNO2/c1-11-4-3-5-12(2)17(11)22-10-16(21)20-9-13-8-14(19)6-7-15(13)18/h3-8H,9-10H2,1-2H3,(H,20,21). The Balaban J connectivity index is 1.90. The van der Waals surface area contributed by atoms with Gasteiger partial charge in [-0.05, 0) is 48.7 Å². The molecule has 0 radical (unpaired) electrons. The van der Waals surface area contributed by atoms with Crippen LogP contribution in [0.1, 0.15) is 16.7 Å². The number of carbonyl (C=O) groups is 1. The van der Waals surface area contributed by atoms with Gasteiger partial charge in [-0.15, -0.1) is 0 Å². The molecule has 0 bridgehead atoms. The lowest BCUT2D eigenvalue weighted by molar-refractivity contribution is -0.123. The molecule has 2 aromatic carbocycles. The van der Waals surface area contributed by atoms with E-state index >= 15 is 0 Å². The number of hydrogen-bond donors (Lipinski definition) is 1. The number of halogens is 2. The van der Waals surface area contributed by atoms with Crippen molar-refractivity contribution in [2.75, 3.05) is 6.61 Å². The van der Waals surface area contributed by atoms with Gasteiger partial charge in [-0.1, -0.05) is 34.1 Å². The molecule has 0 spiro atoms. The van der Waals surface area contributed by atoms with Crippen LogP contribution in [0.2, 0.25) is 0 Å². The van der Waals surface area contributed by atoms with Crippen LogP contribution < -0.4 is 10.1 Å². The van der Waals surface area contributed by atoms with E-state index in [1.54, 1.807) is 6.07 Å². The van der Waals surface area contributed by atoms with E-state index < -0.39 is 0 Å². The van der Waals surface area contributed by atoms with Crippen molar-refractivity contribution in [3.63, 3.8) is 0 Å². The van der Waals surface area contributed by atoms with Crippen LogP contribution in [0, 0.1) is 19.7 Å². The largest absolute Gasteiger partial charge is 0.483 e. The molecule has 1 N–H and O–H groups in total. The van der Waals surface area contributed by atoms with E-state index in [9.17, 15) is 9.18 Å². The summed E-state index contributed by atoms with van der Waals surface area (Å²) in [5.74, 6) is 0.141. The molecule has 0 aromatic heterocycles. The molecule has 0 saturated heterocycles. The Bertz CT molecular complexity index is 668. The number of benzene rings is 2. The van der Waals surface area contributed by atoms with Crippen molar-refractivity contribution in [2.24, 2.45) is 0 Å². The van der Waals surface area contributed by atoms with Gasteiger partial charge in [0.15, 0.2) is 6.61 Å². The Hall–Kier alpha value is -1.88. The summed E-state index contributed by atoms with van der Waals surface area (Å²) in [4.78, 5) is 11.9. The van der Waals surface area contributed by atoms with E-state index in [0.29, 0.717) is 5.56 Å². The summed E-state index contributed by atoms with van der Waals surface area (Å²) in [5.41, 5.74) is 2.65. The summed E-state index contributed by atoms with van der Waals surface area (Å²) < 4.78 is 19.5. The van der Waals surface area contributed by atoms with Crippen LogP contribution in [-0.4, -0.2) is 12.5 Å². The summed E-state index contributed by atoms with van der Waals surface area (Å²) in [6.07, 6.45) is 0. The molecule has 2 rings (SSSR count). The van der Waals surface area contributed by atoms with E-state index in [1.807, 2.05) is 32.0 Å². The van der Waals surface area contributed by atoms with Crippen LogP contribution in [-0.2, 0) is 11.3 Å². The van der Waals surface area contributed by atoms with Crippen LogP contribution in [0.3, 0.4) is 0 Å². The predicted molar refractivity (Wildman–Crippen MR) is 87.4 cm³/mol. The van der Waals surface area contributed by atoms with Crippen LogP contribution in [0.15, 0.2) is 40.9 Å². The SMILES string of the molecule is Cc1cccc(C)c1OCC(=O)NCc1cc(F)ccc1Br. The molecule has 0 heterocycles. The number of hydrogen-bond acceptors (Lipinski definition) is 2. The molecule has 2 aromatic rings. The van der Waals surface area contributed by atoms with Gasteiger partial charge in [0.1, 0.15) is 11.6 Å². The summed E-state index contributed by atoms with van der Waals surface area (Å²) in [6, 6.07) is 10.2. The molecule has 0 fully saturated rings. The fourth-order valence-electron chi connectivity index (χ4n) is 2.09. The highest BCUT2D eigenvalue weighted by atomic mass is 79.9. The zero-order valence-electron chi connectivity index (χ0n) is 12.5. The normalized spacial score (nSPS) is 10.4. The monoisotopic (exact) mass is 365 g/mol. The third-order valence-electron chi connectivity index (χ3n) is 3.24. The first kappa shape index (κ1) is 16.5. The maximum Gasteiger partial charge on any atom is 0.258 e. The Morgan fingerprint density at radius 2 is 1.91 bits per heavy atom. The second-order valence-electron chi connectivity index (χ2n) is 5.02. The van der Waals surface area contributed by atoms with Crippen molar-refractivity contribution in [3.05, 3.63) is 63.4 Å². The maximum absolute atomic E-state index is 13.2.